The van der Waals surface area contributed by atoms with Gasteiger partial charge in [-0.2, -0.15) is 0 Å². The molecule has 0 fully saturated rings. The molecule has 2 unspecified atom stereocenters. The Kier molecular flexibility index (Phi) is 6.50. The van der Waals surface area contributed by atoms with Crippen LogP contribution in [0.4, 0.5) is 0 Å². The molecule has 0 saturated heterocycles. The third kappa shape index (κ3) is 3.62. The van der Waals surface area contributed by atoms with Gasteiger partial charge < -0.3 is 4.90 Å². The van der Waals surface area contributed by atoms with Gasteiger partial charge in [0.25, 0.3) is 0 Å². The molecule has 3 aliphatic carbocycles. The van der Waals surface area contributed by atoms with Crippen molar-refractivity contribution in [2.24, 2.45) is 5.92 Å². The predicted molar refractivity (Wildman–Crippen MR) is 119 cm³/mol. The molecule has 148 valence electrons. The molecule has 0 radical (unpaired) electrons. The van der Waals surface area contributed by atoms with Crippen LogP contribution in [0.5, 0.6) is 0 Å². The average Bonchev–Trinajstić information content (AvgIpc) is 3.32. The summed E-state index contributed by atoms with van der Waals surface area (Å²) < 4.78 is 0. The van der Waals surface area contributed by atoms with E-state index >= 15 is 0 Å². The Hall–Kier alpha value is -1.50. The van der Waals surface area contributed by atoms with E-state index in [0.717, 1.165) is 12.3 Å². The van der Waals surface area contributed by atoms with Crippen molar-refractivity contribution in [2.75, 3.05) is 7.05 Å². The summed E-state index contributed by atoms with van der Waals surface area (Å²) >= 11 is 0. The van der Waals surface area contributed by atoms with Crippen LogP contribution in [0.25, 0.3) is 0 Å². The third-order valence-electron chi connectivity index (χ3n) is 7.22. The number of hydrogen-bond donors (Lipinski definition) is 0. The van der Waals surface area contributed by atoms with Crippen LogP contribution in [0.1, 0.15) is 85.0 Å². The monoisotopic (exact) mass is 365 g/mol. The van der Waals surface area contributed by atoms with Gasteiger partial charge in [0.2, 0.25) is 0 Å². The van der Waals surface area contributed by atoms with Gasteiger partial charge in [-0.1, -0.05) is 82.1 Å². The molecular weight excluding hydrogens is 326 g/mol. The van der Waals surface area contributed by atoms with Crippen LogP contribution >= 0.6 is 0 Å². The fraction of sp³-hybridized carbons (Fsp3) is 0.615. The summed E-state index contributed by atoms with van der Waals surface area (Å²) in [5.41, 5.74) is 7.74. The van der Waals surface area contributed by atoms with Gasteiger partial charge in [0, 0.05) is 12.7 Å². The molecule has 0 aromatic carbocycles. The minimum Gasteiger partial charge on any atom is -0.365 e. The fourth-order valence-corrected chi connectivity index (χ4v) is 5.64. The first kappa shape index (κ1) is 20.2. The first-order chi connectivity index (χ1) is 13.1. The number of rotatable bonds is 9. The second-order valence-electron chi connectivity index (χ2n) is 8.69. The first-order valence-corrected chi connectivity index (χ1v) is 11.3. The Morgan fingerprint density at radius 1 is 1.22 bits per heavy atom. The van der Waals surface area contributed by atoms with E-state index in [0.29, 0.717) is 0 Å². The molecule has 27 heavy (non-hydrogen) atoms. The largest absolute Gasteiger partial charge is 0.365 e. The van der Waals surface area contributed by atoms with Gasteiger partial charge in [-0.3, -0.25) is 0 Å². The molecule has 0 heterocycles. The van der Waals surface area contributed by atoms with Crippen molar-refractivity contribution in [3.63, 3.8) is 0 Å². The normalized spacial score (nSPS) is 26.9. The molecule has 0 spiro atoms. The lowest BCUT2D eigenvalue weighted by molar-refractivity contribution is 0.122. The zero-order chi connectivity index (χ0) is 19.4. The minimum atomic E-state index is 0.135. The molecule has 0 aromatic rings. The van der Waals surface area contributed by atoms with E-state index in [1.54, 1.807) is 16.7 Å². The van der Waals surface area contributed by atoms with Crippen LogP contribution in [0.3, 0.4) is 0 Å². The minimum absolute atomic E-state index is 0.135. The lowest BCUT2D eigenvalue weighted by Gasteiger charge is -2.48. The average molecular weight is 366 g/mol. The van der Waals surface area contributed by atoms with Gasteiger partial charge in [-0.15, -0.1) is 0 Å². The highest BCUT2D eigenvalue weighted by molar-refractivity contribution is 5.50. The van der Waals surface area contributed by atoms with Gasteiger partial charge in [0.15, 0.2) is 0 Å². The molecule has 0 N–H and O–H groups in total. The highest BCUT2D eigenvalue weighted by Gasteiger charge is 2.50. The van der Waals surface area contributed by atoms with Crippen molar-refractivity contribution in [3.05, 3.63) is 58.9 Å². The van der Waals surface area contributed by atoms with E-state index < -0.39 is 0 Å². The number of nitrogens with zero attached hydrogens (tertiary/aromatic N) is 1. The maximum Gasteiger partial charge on any atom is 0.0681 e. The number of unbranched alkanes of at least 4 members (excludes halogenated alkanes) is 1. The topological polar surface area (TPSA) is 3.24 Å². The summed E-state index contributed by atoms with van der Waals surface area (Å²) in [6, 6.07) is 0. The molecule has 0 saturated carbocycles. The molecule has 1 nitrogen and oxygen atoms in total. The zero-order valence-electron chi connectivity index (χ0n) is 18.1. The summed E-state index contributed by atoms with van der Waals surface area (Å²) in [7, 11) is 2.33. The van der Waals surface area contributed by atoms with Crippen LogP contribution in [0, 0.1) is 5.92 Å². The lowest BCUT2D eigenvalue weighted by Crippen LogP contribution is -2.51. The summed E-state index contributed by atoms with van der Waals surface area (Å²) in [6.45, 7) is 11.6. The highest BCUT2D eigenvalue weighted by atomic mass is 15.2. The molecule has 0 aromatic heterocycles. The Balaban J connectivity index is 2.06. The van der Waals surface area contributed by atoms with E-state index in [2.05, 4.69) is 63.6 Å². The summed E-state index contributed by atoms with van der Waals surface area (Å²) in [6.07, 6.45) is 22.0. The molecular formula is C26H39N. The molecule has 0 bridgehead atoms. The van der Waals surface area contributed by atoms with Gasteiger partial charge >= 0.3 is 0 Å². The Morgan fingerprint density at radius 3 is 2.67 bits per heavy atom. The van der Waals surface area contributed by atoms with Gasteiger partial charge in [0.1, 0.15) is 0 Å². The fourth-order valence-electron chi connectivity index (χ4n) is 5.64. The van der Waals surface area contributed by atoms with Crippen LogP contribution in [-0.4, -0.2) is 17.5 Å². The second-order valence-corrected chi connectivity index (χ2v) is 8.69. The Bertz CT molecular complexity index is 687. The SMILES string of the molecule is C=C(C1=CCC=C1)N(C)C1(CCCC)C2=C(CCC(CC)=C2)CC1CCC. The highest BCUT2D eigenvalue weighted by Crippen LogP contribution is 2.54. The van der Waals surface area contributed by atoms with Crippen molar-refractivity contribution < 1.29 is 0 Å². The van der Waals surface area contributed by atoms with Gasteiger partial charge in [-0.05, 0) is 62.0 Å². The van der Waals surface area contributed by atoms with Crippen LogP contribution in [-0.2, 0) is 0 Å². The van der Waals surface area contributed by atoms with E-state index in [-0.39, 0.29) is 5.54 Å². The van der Waals surface area contributed by atoms with Crippen LogP contribution in [0.2, 0.25) is 0 Å². The standard InChI is InChI=1S/C26H39N/c1-6-9-17-26(27(5)20(4)22-13-10-11-14-22)24(12-7-2)19-23-16-15-21(8-3)18-25(23)26/h10,13-14,18,24H,4,6-9,11-12,15-17,19H2,1-3,5H3. The number of likely N-dealkylation sites (N-methyl/N-ethyl adjacent to an activating group) is 1. The molecule has 0 amide bonds. The van der Waals surface area contributed by atoms with Crippen LogP contribution in [0.15, 0.2) is 58.9 Å². The number of hydrogen-bond acceptors (Lipinski definition) is 1. The zero-order valence-corrected chi connectivity index (χ0v) is 18.1. The number of allylic oxidation sites excluding steroid dienone is 5. The summed E-state index contributed by atoms with van der Waals surface area (Å²) in [5, 5.41) is 0. The quantitative estimate of drug-likeness (QED) is 0.409. The van der Waals surface area contributed by atoms with Crippen molar-refractivity contribution in [1.82, 2.24) is 4.90 Å². The first-order valence-electron chi connectivity index (χ1n) is 11.3. The molecule has 2 atom stereocenters. The maximum atomic E-state index is 4.57. The van der Waals surface area contributed by atoms with E-state index in [1.807, 2.05) is 0 Å². The van der Waals surface area contributed by atoms with Crippen molar-refractivity contribution in [1.29, 1.82) is 0 Å². The van der Waals surface area contributed by atoms with Crippen molar-refractivity contribution >= 4 is 0 Å². The van der Waals surface area contributed by atoms with E-state index in [1.165, 1.54) is 69.1 Å². The molecule has 0 aliphatic heterocycles. The van der Waals surface area contributed by atoms with E-state index in [4.69, 9.17) is 0 Å². The predicted octanol–water partition coefficient (Wildman–Crippen LogP) is 7.49. The molecule has 3 rings (SSSR count). The maximum absolute atomic E-state index is 4.57. The van der Waals surface area contributed by atoms with Crippen molar-refractivity contribution in [3.8, 4) is 0 Å². The summed E-state index contributed by atoms with van der Waals surface area (Å²) in [4.78, 5) is 2.60. The Labute approximate surface area is 167 Å². The Morgan fingerprint density at radius 2 is 2.04 bits per heavy atom. The van der Waals surface area contributed by atoms with Crippen LogP contribution < -0.4 is 0 Å². The van der Waals surface area contributed by atoms with E-state index in [9.17, 15) is 0 Å². The lowest BCUT2D eigenvalue weighted by atomic mass is 9.73. The summed E-state index contributed by atoms with van der Waals surface area (Å²) in [5.74, 6) is 0.722. The van der Waals surface area contributed by atoms with Gasteiger partial charge in [-0.25, -0.2) is 0 Å². The van der Waals surface area contributed by atoms with Gasteiger partial charge in [0.05, 0.1) is 5.54 Å². The van der Waals surface area contributed by atoms with Crippen molar-refractivity contribution in [2.45, 2.75) is 90.5 Å². The smallest absolute Gasteiger partial charge is 0.0681 e. The second kappa shape index (κ2) is 8.67. The third-order valence-corrected chi connectivity index (χ3v) is 7.22. The molecule has 1 heteroatoms. The molecule has 3 aliphatic rings.